The molecule has 1 aliphatic carbocycles. The van der Waals surface area contributed by atoms with Gasteiger partial charge in [0.1, 0.15) is 5.52 Å². The highest BCUT2D eigenvalue weighted by Gasteiger charge is 2.35. The van der Waals surface area contributed by atoms with Crippen molar-refractivity contribution in [1.82, 2.24) is 19.9 Å². The first-order valence-corrected chi connectivity index (χ1v) is 7.87. The van der Waals surface area contributed by atoms with E-state index in [0.717, 1.165) is 25.7 Å². The van der Waals surface area contributed by atoms with Gasteiger partial charge in [0, 0.05) is 19.0 Å². The normalized spacial score (nSPS) is 19.5. The highest BCUT2D eigenvalue weighted by atomic mass is 16.2. The number of piperidine rings is 1. The lowest BCUT2D eigenvalue weighted by molar-refractivity contribution is -0.133. The summed E-state index contributed by atoms with van der Waals surface area (Å²) < 4.78 is 1.50. The van der Waals surface area contributed by atoms with Gasteiger partial charge in [-0.25, -0.2) is 4.68 Å². The summed E-state index contributed by atoms with van der Waals surface area (Å²) in [5.74, 6) is 0.551. The van der Waals surface area contributed by atoms with Crippen molar-refractivity contribution in [2.24, 2.45) is 5.92 Å². The number of hydrogen-bond donors (Lipinski definition) is 0. The smallest absolute Gasteiger partial charge is 0.277 e. The minimum Gasteiger partial charge on any atom is -0.342 e. The molecule has 1 aromatic carbocycles. The average Bonchev–Trinajstić information content (AvgIpc) is 3.40. The fourth-order valence-corrected chi connectivity index (χ4v) is 3.16. The van der Waals surface area contributed by atoms with Crippen molar-refractivity contribution in [2.75, 3.05) is 13.1 Å². The molecule has 0 N–H and O–H groups in total. The highest BCUT2D eigenvalue weighted by Crippen LogP contribution is 2.32. The van der Waals surface area contributed by atoms with E-state index in [1.165, 1.54) is 4.68 Å². The molecule has 2 fully saturated rings. The third-order valence-electron chi connectivity index (χ3n) is 4.64. The molecule has 0 spiro atoms. The van der Waals surface area contributed by atoms with Crippen molar-refractivity contribution in [3.8, 4) is 0 Å². The van der Waals surface area contributed by atoms with Crippen LogP contribution in [0.25, 0.3) is 10.9 Å². The Morgan fingerprint density at radius 3 is 2.55 bits per heavy atom. The van der Waals surface area contributed by atoms with Crippen LogP contribution in [-0.4, -0.2) is 38.9 Å². The van der Waals surface area contributed by atoms with Crippen LogP contribution in [0.4, 0.5) is 0 Å². The number of amides is 1. The van der Waals surface area contributed by atoms with Gasteiger partial charge in [0.2, 0.25) is 5.91 Å². The molecule has 0 atom stereocenters. The van der Waals surface area contributed by atoms with Gasteiger partial charge in [0.15, 0.2) is 0 Å². The Hall–Kier alpha value is -2.24. The molecule has 1 saturated carbocycles. The van der Waals surface area contributed by atoms with Gasteiger partial charge < -0.3 is 4.90 Å². The van der Waals surface area contributed by atoms with Crippen LogP contribution in [0.5, 0.6) is 0 Å². The third-order valence-corrected chi connectivity index (χ3v) is 4.64. The summed E-state index contributed by atoms with van der Waals surface area (Å²) in [5, 5.41) is 8.85. The third kappa shape index (κ3) is 2.28. The second-order valence-corrected chi connectivity index (χ2v) is 6.19. The summed E-state index contributed by atoms with van der Waals surface area (Å²) in [6.45, 7) is 1.42. The Morgan fingerprint density at radius 2 is 1.82 bits per heavy atom. The van der Waals surface area contributed by atoms with Gasteiger partial charge in [-0.05, 0) is 37.8 Å². The van der Waals surface area contributed by atoms with Crippen LogP contribution in [0.3, 0.4) is 0 Å². The van der Waals surface area contributed by atoms with Crippen molar-refractivity contribution in [3.05, 3.63) is 34.6 Å². The van der Waals surface area contributed by atoms with E-state index in [2.05, 4.69) is 10.3 Å². The van der Waals surface area contributed by atoms with Gasteiger partial charge in [0.05, 0.1) is 11.4 Å². The van der Waals surface area contributed by atoms with Crippen LogP contribution in [0.2, 0.25) is 0 Å². The molecule has 1 aliphatic heterocycles. The number of hydrogen-bond acceptors (Lipinski definition) is 4. The maximum atomic E-state index is 12.5. The number of likely N-dealkylation sites (tertiary alicyclic amines) is 1. The molecule has 0 radical (unpaired) electrons. The Balaban J connectivity index is 1.55. The molecule has 22 heavy (non-hydrogen) atoms. The van der Waals surface area contributed by atoms with Crippen LogP contribution in [0.1, 0.15) is 31.7 Å². The molecule has 2 aliphatic rings. The fraction of sp³-hybridized carbons (Fsp3) is 0.500. The van der Waals surface area contributed by atoms with Crippen LogP contribution in [0.15, 0.2) is 29.1 Å². The summed E-state index contributed by atoms with van der Waals surface area (Å²) in [5.41, 5.74) is 0.544. The van der Waals surface area contributed by atoms with Gasteiger partial charge in [-0.2, -0.15) is 0 Å². The van der Waals surface area contributed by atoms with Crippen molar-refractivity contribution in [1.29, 1.82) is 0 Å². The minimum atomic E-state index is -0.0856. The number of aromatic nitrogens is 3. The summed E-state index contributed by atoms with van der Waals surface area (Å²) in [4.78, 5) is 26.6. The first-order chi connectivity index (χ1) is 10.7. The molecule has 1 saturated heterocycles. The predicted octanol–water partition coefficient (Wildman–Crippen LogP) is 1.36. The average molecular weight is 298 g/mol. The predicted molar refractivity (Wildman–Crippen MR) is 81.4 cm³/mol. The quantitative estimate of drug-likeness (QED) is 0.839. The summed E-state index contributed by atoms with van der Waals surface area (Å²) >= 11 is 0. The maximum Gasteiger partial charge on any atom is 0.277 e. The molecular formula is C16H18N4O2. The molecule has 6 nitrogen and oxygen atoms in total. The molecule has 2 aromatic rings. The van der Waals surface area contributed by atoms with E-state index >= 15 is 0 Å². The van der Waals surface area contributed by atoms with Crippen LogP contribution in [-0.2, 0) is 4.79 Å². The Morgan fingerprint density at radius 1 is 1.09 bits per heavy atom. The lowest BCUT2D eigenvalue weighted by Crippen LogP contribution is -2.42. The molecule has 0 bridgehead atoms. The molecule has 6 heteroatoms. The zero-order valence-electron chi connectivity index (χ0n) is 12.3. The Bertz CT molecular complexity index is 773. The zero-order valence-corrected chi connectivity index (χ0v) is 12.3. The highest BCUT2D eigenvalue weighted by molar-refractivity contribution is 5.81. The number of fused-ring (bicyclic) bond motifs is 1. The monoisotopic (exact) mass is 298 g/mol. The van der Waals surface area contributed by atoms with Crippen LogP contribution >= 0.6 is 0 Å². The van der Waals surface area contributed by atoms with Crippen molar-refractivity contribution >= 4 is 16.8 Å². The van der Waals surface area contributed by atoms with E-state index in [-0.39, 0.29) is 23.4 Å². The van der Waals surface area contributed by atoms with E-state index in [4.69, 9.17) is 0 Å². The number of carbonyl (C=O) groups excluding carboxylic acids is 1. The standard InChI is InChI=1S/C16H18N4O2/c21-15(11-5-6-11)19-9-7-12(8-10-19)20-16(22)13-3-1-2-4-14(13)17-18-20/h1-4,11-12H,5-10H2. The molecule has 2 heterocycles. The summed E-state index contributed by atoms with van der Waals surface area (Å²) in [7, 11) is 0. The first-order valence-electron chi connectivity index (χ1n) is 7.87. The SMILES string of the molecule is O=C(C1CC1)N1CCC(n2nnc3ccccc3c2=O)CC1. The maximum absolute atomic E-state index is 12.5. The van der Waals surface area contributed by atoms with Gasteiger partial charge >= 0.3 is 0 Å². The molecular weight excluding hydrogens is 280 g/mol. The van der Waals surface area contributed by atoms with E-state index in [9.17, 15) is 9.59 Å². The fourth-order valence-electron chi connectivity index (χ4n) is 3.16. The summed E-state index contributed by atoms with van der Waals surface area (Å²) in [6.07, 6.45) is 3.61. The van der Waals surface area contributed by atoms with Crippen molar-refractivity contribution in [2.45, 2.75) is 31.7 Å². The molecule has 1 amide bonds. The van der Waals surface area contributed by atoms with E-state index in [1.54, 1.807) is 12.1 Å². The van der Waals surface area contributed by atoms with E-state index in [0.29, 0.717) is 24.0 Å². The molecule has 0 unspecified atom stereocenters. The van der Waals surface area contributed by atoms with Crippen LogP contribution < -0.4 is 5.56 Å². The van der Waals surface area contributed by atoms with E-state index in [1.807, 2.05) is 17.0 Å². The second-order valence-electron chi connectivity index (χ2n) is 6.19. The zero-order chi connectivity index (χ0) is 15.1. The summed E-state index contributed by atoms with van der Waals surface area (Å²) in [6, 6.07) is 7.31. The lowest BCUT2D eigenvalue weighted by atomic mass is 10.0. The van der Waals surface area contributed by atoms with Gasteiger partial charge in [-0.1, -0.05) is 17.3 Å². The van der Waals surface area contributed by atoms with Gasteiger partial charge in [0.25, 0.3) is 5.56 Å². The topological polar surface area (TPSA) is 68.1 Å². The number of rotatable bonds is 2. The second kappa shape index (κ2) is 5.19. The molecule has 4 rings (SSSR count). The van der Waals surface area contributed by atoms with Crippen molar-refractivity contribution < 1.29 is 4.79 Å². The molecule has 1 aromatic heterocycles. The first kappa shape index (κ1) is 13.4. The number of benzene rings is 1. The number of carbonyl (C=O) groups is 1. The van der Waals surface area contributed by atoms with E-state index < -0.39 is 0 Å². The van der Waals surface area contributed by atoms with Crippen LogP contribution in [0, 0.1) is 5.92 Å². The minimum absolute atomic E-state index is 0.0351. The molecule has 114 valence electrons. The lowest BCUT2D eigenvalue weighted by Gasteiger charge is -2.32. The Labute approximate surface area is 127 Å². The van der Waals surface area contributed by atoms with Gasteiger partial charge in [-0.3, -0.25) is 9.59 Å². The van der Waals surface area contributed by atoms with Gasteiger partial charge in [-0.15, -0.1) is 5.10 Å². The van der Waals surface area contributed by atoms with Crippen molar-refractivity contribution in [3.63, 3.8) is 0 Å². The largest absolute Gasteiger partial charge is 0.342 e. The number of nitrogens with zero attached hydrogens (tertiary/aromatic N) is 4. The Kier molecular flexibility index (Phi) is 3.17.